The van der Waals surface area contributed by atoms with Gasteiger partial charge in [0.05, 0.1) is 42.3 Å². The molecule has 0 radical (unpaired) electrons. The zero-order valence-electron chi connectivity index (χ0n) is 19.7. The van der Waals surface area contributed by atoms with Crippen molar-refractivity contribution in [3.8, 4) is 11.4 Å². The van der Waals surface area contributed by atoms with Crippen LogP contribution in [-0.2, 0) is 17.7 Å². The van der Waals surface area contributed by atoms with E-state index in [1.165, 1.54) is 6.07 Å². The summed E-state index contributed by atoms with van der Waals surface area (Å²) in [5, 5.41) is 2.70. The summed E-state index contributed by atoms with van der Waals surface area (Å²) in [6, 6.07) is 10.7. The second kappa shape index (κ2) is 10.6. The van der Waals surface area contributed by atoms with Crippen molar-refractivity contribution in [2.75, 3.05) is 32.8 Å². The molecule has 2 aromatic carbocycles. The molecule has 1 saturated heterocycles. The number of aromatic nitrogens is 2. The molecule has 2 aliphatic rings. The fourth-order valence-electron chi connectivity index (χ4n) is 4.59. The van der Waals surface area contributed by atoms with Crippen molar-refractivity contribution in [3.05, 3.63) is 82.2 Å². The zero-order chi connectivity index (χ0) is 25.1. The second-order valence-corrected chi connectivity index (χ2v) is 8.95. The number of ether oxygens (including phenoxy) is 1. The Balaban J connectivity index is 1.32. The van der Waals surface area contributed by atoms with Crippen molar-refractivity contribution in [3.63, 3.8) is 0 Å². The smallest absolute Gasteiger partial charge is 0.255 e. The van der Waals surface area contributed by atoms with Gasteiger partial charge in [0.15, 0.2) is 11.6 Å². The number of hydrogen-bond donors (Lipinski definition) is 1. The third kappa shape index (κ3) is 5.17. The van der Waals surface area contributed by atoms with Crippen LogP contribution < -0.4 is 5.32 Å². The second-order valence-electron chi connectivity index (χ2n) is 8.95. The van der Waals surface area contributed by atoms with Gasteiger partial charge in [-0.1, -0.05) is 30.3 Å². The number of ketones is 1. The minimum Gasteiger partial charge on any atom is -0.379 e. The summed E-state index contributed by atoms with van der Waals surface area (Å²) in [4.78, 5) is 36.0. The molecule has 0 atom stereocenters. The number of amides is 1. The molecule has 3 aromatic rings. The number of halogens is 2. The van der Waals surface area contributed by atoms with Crippen LogP contribution in [-0.4, -0.2) is 59.4 Å². The first-order valence-electron chi connectivity index (χ1n) is 12.0. The van der Waals surface area contributed by atoms with Crippen LogP contribution in [0.4, 0.5) is 8.78 Å². The van der Waals surface area contributed by atoms with E-state index in [-0.39, 0.29) is 36.0 Å². The van der Waals surface area contributed by atoms with E-state index in [1.54, 1.807) is 12.1 Å². The van der Waals surface area contributed by atoms with Gasteiger partial charge in [0, 0.05) is 31.5 Å². The van der Waals surface area contributed by atoms with Crippen molar-refractivity contribution < 1.29 is 23.1 Å². The molecular formula is C27H26F2N4O3. The van der Waals surface area contributed by atoms with Crippen LogP contribution in [0.25, 0.3) is 11.4 Å². The van der Waals surface area contributed by atoms with E-state index < -0.39 is 11.6 Å². The number of carbonyl (C=O) groups is 2. The van der Waals surface area contributed by atoms with Gasteiger partial charge in [-0.15, -0.1) is 0 Å². The molecule has 36 heavy (non-hydrogen) atoms. The molecule has 0 unspecified atom stereocenters. The molecule has 0 saturated carbocycles. The van der Waals surface area contributed by atoms with Gasteiger partial charge in [-0.25, -0.2) is 18.7 Å². The van der Waals surface area contributed by atoms with E-state index >= 15 is 0 Å². The first-order valence-corrected chi connectivity index (χ1v) is 12.0. The summed E-state index contributed by atoms with van der Waals surface area (Å²) in [7, 11) is 0. The molecule has 9 heteroatoms. The lowest BCUT2D eigenvalue weighted by Crippen LogP contribution is -2.36. The number of hydrogen-bond acceptors (Lipinski definition) is 6. The lowest BCUT2D eigenvalue weighted by Gasteiger charge is -2.26. The molecule has 3 heterocycles. The average molecular weight is 493 g/mol. The predicted octanol–water partition coefficient (Wildman–Crippen LogP) is 3.55. The quantitative estimate of drug-likeness (QED) is 0.484. The minimum atomic E-state index is -0.769. The number of Topliss-reactive ketones (excluding diaryl/α,β-unsaturated/α-hetero) is 1. The number of nitrogens with one attached hydrogen (secondary N) is 1. The van der Waals surface area contributed by atoms with Gasteiger partial charge in [-0.3, -0.25) is 14.5 Å². The number of fused-ring (bicyclic) bond motifs is 1. The number of carbonyl (C=O) groups excluding carboxylic acids is 2. The third-order valence-corrected chi connectivity index (χ3v) is 6.52. The zero-order valence-corrected chi connectivity index (χ0v) is 19.7. The van der Waals surface area contributed by atoms with E-state index in [4.69, 9.17) is 4.74 Å². The van der Waals surface area contributed by atoms with Crippen molar-refractivity contribution in [1.29, 1.82) is 0 Å². The summed E-state index contributed by atoms with van der Waals surface area (Å²) in [5.41, 5.74) is 2.26. The van der Waals surface area contributed by atoms with Gasteiger partial charge in [0.1, 0.15) is 11.6 Å². The Kier molecular flexibility index (Phi) is 7.11. The minimum absolute atomic E-state index is 0.0782. The molecule has 5 rings (SSSR count). The highest BCUT2D eigenvalue weighted by Crippen LogP contribution is 2.28. The number of rotatable bonds is 8. The maximum Gasteiger partial charge on any atom is 0.255 e. The van der Waals surface area contributed by atoms with Crippen molar-refractivity contribution in [2.45, 2.75) is 25.8 Å². The van der Waals surface area contributed by atoms with Gasteiger partial charge in [0.2, 0.25) is 0 Å². The van der Waals surface area contributed by atoms with Gasteiger partial charge in [-0.2, -0.15) is 0 Å². The summed E-state index contributed by atoms with van der Waals surface area (Å²) in [6.07, 6.45) is 1.51. The molecule has 0 aliphatic carbocycles. The Bertz CT molecular complexity index is 1270. The SMILES string of the molecule is O=C(CCCN1CCOCC1)c1ccc(Cc2nc(-c3c(F)cccc3F)nc3c2C(=O)NC3)cc1. The van der Waals surface area contributed by atoms with Crippen LogP contribution in [0.1, 0.15) is 50.5 Å². The normalized spacial score (nSPS) is 15.6. The molecule has 1 aromatic heterocycles. The first kappa shape index (κ1) is 24.1. The highest BCUT2D eigenvalue weighted by Gasteiger charge is 2.28. The molecule has 0 bridgehead atoms. The standard InChI is InChI=1S/C27H26F2N4O3/c28-19-3-1-4-20(29)24(19)26-31-21(25-22(32-26)16-30-27(25)35)15-17-6-8-18(9-7-17)23(34)5-2-10-33-11-13-36-14-12-33/h1,3-4,6-9H,2,5,10-16H2,(H,30,35). The third-order valence-electron chi connectivity index (χ3n) is 6.52. The first-order chi connectivity index (χ1) is 17.5. The van der Waals surface area contributed by atoms with Crippen molar-refractivity contribution >= 4 is 11.7 Å². The van der Waals surface area contributed by atoms with Gasteiger partial charge >= 0.3 is 0 Å². The maximum atomic E-state index is 14.4. The fraction of sp³-hybridized carbons (Fsp3) is 0.333. The highest BCUT2D eigenvalue weighted by molar-refractivity contribution is 5.99. The van der Waals surface area contributed by atoms with Crippen LogP contribution in [0.15, 0.2) is 42.5 Å². The Hall–Kier alpha value is -3.56. The van der Waals surface area contributed by atoms with Crippen LogP contribution in [0.2, 0.25) is 0 Å². The molecule has 1 N–H and O–H groups in total. The van der Waals surface area contributed by atoms with Gasteiger partial charge in [-0.05, 0) is 30.7 Å². The molecule has 186 valence electrons. The predicted molar refractivity (Wildman–Crippen MR) is 129 cm³/mol. The summed E-state index contributed by atoms with van der Waals surface area (Å²) in [5.74, 6) is -1.87. The lowest BCUT2D eigenvalue weighted by atomic mass is 10.0. The van der Waals surface area contributed by atoms with Crippen LogP contribution in [0, 0.1) is 11.6 Å². The molecule has 1 amide bonds. The van der Waals surface area contributed by atoms with Crippen molar-refractivity contribution in [2.24, 2.45) is 0 Å². The average Bonchev–Trinajstić information content (AvgIpc) is 3.26. The molecule has 0 spiro atoms. The lowest BCUT2D eigenvalue weighted by molar-refractivity contribution is 0.0371. The summed E-state index contributed by atoms with van der Waals surface area (Å²) >= 11 is 0. The van der Waals surface area contributed by atoms with E-state index in [0.717, 1.165) is 57.0 Å². The van der Waals surface area contributed by atoms with Crippen LogP contribution in [0.5, 0.6) is 0 Å². The van der Waals surface area contributed by atoms with Gasteiger partial charge in [0.25, 0.3) is 5.91 Å². The highest BCUT2D eigenvalue weighted by atomic mass is 19.1. The molecule has 2 aliphatic heterocycles. The molecule has 1 fully saturated rings. The summed E-state index contributed by atoms with van der Waals surface area (Å²) in [6.45, 7) is 4.33. The topological polar surface area (TPSA) is 84.4 Å². The van der Waals surface area contributed by atoms with Crippen LogP contribution >= 0.6 is 0 Å². The van der Waals surface area contributed by atoms with E-state index in [9.17, 15) is 18.4 Å². The largest absolute Gasteiger partial charge is 0.379 e. The Morgan fingerprint density at radius 2 is 1.72 bits per heavy atom. The number of morpholine rings is 1. The fourth-order valence-corrected chi connectivity index (χ4v) is 4.59. The van der Waals surface area contributed by atoms with Crippen molar-refractivity contribution in [1.82, 2.24) is 20.2 Å². The molecular weight excluding hydrogens is 466 g/mol. The maximum absolute atomic E-state index is 14.4. The van der Waals surface area contributed by atoms with Crippen LogP contribution in [0.3, 0.4) is 0 Å². The Labute approximate surface area is 207 Å². The van der Waals surface area contributed by atoms with E-state index in [0.29, 0.717) is 28.9 Å². The van der Waals surface area contributed by atoms with E-state index in [2.05, 4.69) is 20.2 Å². The number of nitrogens with zero attached hydrogens (tertiary/aromatic N) is 3. The number of benzene rings is 2. The summed E-state index contributed by atoms with van der Waals surface area (Å²) < 4.78 is 34.1. The molecule has 7 nitrogen and oxygen atoms in total. The van der Waals surface area contributed by atoms with E-state index in [1.807, 2.05) is 12.1 Å². The Morgan fingerprint density at radius 3 is 2.44 bits per heavy atom. The van der Waals surface area contributed by atoms with Gasteiger partial charge < -0.3 is 10.1 Å². The Morgan fingerprint density at radius 1 is 1.00 bits per heavy atom. The monoisotopic (exact) mass is 492 g/mol.